The topological polar surface area (TPSA) is 18.5 Å². The Hall–Kier alpha value is -0.0600. The molecule has 0 aliphatic carbocycles. The number of hydrogen-bond acceptors (Lipinski definition) is 3. The summed E-state index contributed by atoms with van der Waals surface area (Å²) in [7, 11) is 1.62. The molecule has 1 aromatic rings. The van der Waals surface area contributed by atoms with Crippen molar-refractivity contribution in [3.8, 4) is 11.5 Å². The third-order valence-corrected chi connectivity index (χ3v) is 3.39. The van der Waals surface area contributed by atoms with Crippen molar-refractivity contribution in [2.75, 3.05) is 25.7 Å². The molecule has 0 bridgehead atoms. The Morgan fingerprint density at radius 1 is 1.44 bits per heavy atom. The van der Waals surface area contributed by atoms with E-state index in [0.717, 1.165) is 17.1 Å². The summed E-state index contributed by atoms with van der Waals surface area (Å²) in [6, 6.07) is 3.65. The Labute approximate surface area is 114 Å². The number of benzene rings is 1. The van der Waals surface area contributed by atoms with E-state index in [0.29, 0.717) is 22.7 Å². The predicted octanol–water partition coefficient (Wildman–Crippen LogP) is 3.99. The van der Waals surface area contributed by atoms with Crippen molar-refractivity contribution in [3.63, 3.8) is 0 Å². The van der Waals surface area contributed by atoms with Gasteiger partial charge in [-0.05, 0) is 12.3 Å². The molecule has 5 heteroatoms. The second kappa shape index (κ2) is 7.30. The Kier molecular flexibility index (Phi) is 6.39. The summed E-state index contributed by atoms with van der Waals surface area (Å²) in [5.74, 6) is 2.41. The molecule has 1 rings (SSSR count). The van der Waals surface area contributed by atoms with Crippen molar-refractivity contribution >= 4 is 39.3 Å². The lowest BCUT2D eigenvalue weighted by molar-refractivity contribution is 0.311. The van der Waals surface area contributed by atoms with Gasteiger partial charge in [-0.15, -0.1) is 0 Å². The molecule has 2 nitrogen and oxygen atoms in total. The molecular weight excluding hydrogens is 312 g/mol. The molecule has 16 heavy (non-hydrogen) atoms. The van der Waals surface area contributed by atoms with Crippen LogP contribution in [0.15, 0.2) is 12.1 Å². The third-order valence-electron chi connectivity index (χ3n) is 1.99. The van der Waals surface area contributed by atoms with E-state index in [1.807, 2.05) is 12.3 Å². The standard InChI is InChI=1S/C11H14BrClO2S/c1-14-10-6-9(13)5-8(7-12)11(10)15-3-4-16-2/h5-6H,3-4,7H2,1-2H3. The van der Waals surface area contributed by atoms with Crippen LogP contribution in [0.2, 0.25) is 5.02 Å². The van der Waals surface area contributed by atoms with Crippen LogP contribution < -0.4 is 9.47 Å². The first-order chi connectivity index (χ1) is 7.72. The van der Waals surface area contributed by atoms with E-state index in [4.69, 9.17) is 21.1 Å². The van der Waals surface area contributed by atoms with Crippen LogP contribution in [0.25, 0.3) is 0 Å². The first-order valence-electron chi connectivity index (χ1n) is 4.77. The molecule has 1 aromatic carbocycles. The first-order valence-corrected chi connectivity index (χ1v) is 7.66. The molecule has 0 aliphatic rings. The van der Waals surface area contributed by atoms with E-state index in [2.05, 4.69) is 15.9 Å². The lowest BCUT2D eigenvalue weighted by atomic mass is 10.2. The molecule has 0 aliphatic heterocycles. The van der Waals surface area contributed by atoms with Gasteiger partial charge < -0.3 is 9.47 Å². The third kappa shape index (κ3) is 3.75. The SMILES string of the molecule is COc1cc(Cl)cc(CBr)c1OCCSC. The van der Waals surface area contributed by atoms with Crippen LogP contribution >= 0.6 is 39.3 Å². The molecule has 0 saturated heterocycles. The minimum atomic E-state index is 0.656. The Bertz CT molecular complexity index is 322. The predicted molar refractivity (Wildman–Crippen MR) is 74.5 cm³/mol. The van der Waals surface area contributed by atoms with Crippen LogP contribution in [0.4, 0.5) is 0 Å². The molecule has 0 radical (unpaired) electrons. The van der Waals surface area contributed by atoms with E-state index in [1.165, 1.54) is 0 Å². The molecule has 0 N–H and O–H groups in total. The van der Waals surface area contributed by atoms with Crippen molar-refractivity contribution in [1.29, 1.82) is 0 Å². The Morgan fingerprint density at radius 3 is 2.75 bits per heavy atom. The van der Waals surface area contributed by atoms with Crippen molar-refractivity contribution in [1.82, 2.24) is 0 Å². The van der Waals surface area contributed by atoms with E-state index < -0.39 is 0 Å². The fraction of sp³-hybridized carbons (Fsp3) is 0.455. The largest absolute Gasteiger partial charge is 0.493 e. The summed E-state index contributed by atoms with van der Waals surface area (Å²) in [4.78, 5) is 0. The van der Waals surface area contributed by atoms with Gasteiger partial charge in [0.15, 0.2) is 11.5 Å². The second-order valence-electron chi connectivity index (χ2n) is 3.07. The zero-order chi connectivity index (χ0) is 12.0. The highest BCUT2D eigenvalue weighted by Crippen LogP contribution is 2.35. The number of methoxy groups -OCH3 is 1. The molecule has 0 heterocycles. The highest BCUT2D eigenvalue weighted by atomic mass is 79.9. The molecule has 0 unspecified atom stereocenters. The average Bonchev–Trinajstić information content (AvgIpc) is 2.30. The zero-order valence-corrected chi connectivity index (χ0v) is 12.4. The highest BCUT2D eigenvalue weighted by molar-refractivity contribution is 9.08. The van der Waals surface area contributed by atoms with Crippen LogP contribution in [0.5, 0.6) is 11.5 Å². The van der Waals surface area contributed by atoms with Crippen molar-refractivity contribution in [2.45, 2.75) is 5.33 Å². The van der Waals surface area contributed by atoms with Gasteiger partial charge in [-0.1, -0.05) is 27.5 Å². The fourth-order valence-electron chi connectivity index (χ4n) is 1.26. The van der Waals surface area contributed by atoms with Gasteiger partial charge in [-0.25, -0.2) is 0 Å². The van der Waals surface area contributed by atoms with Gasteiger partial charge in [-0.3, -0.25) is 0 Å². The maximum absolute atomic E-state index is 5.98. The fourth-order valence-corrected chi connectivity index (χ4v) is 2.16. The van der Waals surface area contributed by atoms with Crippen molar-refractivity contribution < 1.29 is 9.47 Å². The van der Waals surface area contributed by atoms with Gasteiger partial charge in [0.1, 0.15) is 0 Å². The van der Waals surface area contributed by atoms with Gasteiger partial charge in [0.05, 0.1) is 13.7 Å². The van der Waals surface area contributed by atoms with Crippen LogP contribution in [0.3, 0.4) is 0 Å². The van der Waals surface area contributed by atoms with E-state index in [-0.39, 0.29) is 0 Å². The number of halogens is 2. The molecule has 0 fully saturated rings. The normalized spacial score (nSPS) is 10.2. The number of hydrogen-bond donors (Lipinski definition) is 0. The van der Waals surface area contributed by atoms with Gasteiger partial charge >= 0.3 is 0 Å². The van der Waals surface area contributed by atoms with Crippen LogP contribution in [-0.4, -0.2) is 25.7 Å². The monoisotopic (exact) mass is 324 g/mol. The molecule has 90 valence electrons. The minimum absolute atomic E-state index is 0.656. The Morgan fingerprint density at radius 2 is 2.19 bits per heavy atom. The summed E-state index contributed by atoms with van der Waals surface area (Å²) < 4.78 is 11.0. The summed E-state index contributed by atoms with van der Waals surface area (Å²) in [5.41, 5.74) is 1.01. The molecular formula is C11H14BrClO2S. The van der Waals surface area contributed by atoms with E-state index >= 15 is 0 Å². The van der Waals surface area contributed by atoms with Crippen LogP contribution in [0, 0.1) is 0 Å². The zero-order valence-electron chi connectivity index (χ0n) is 9.26. The lowest BCUT2D eigenvalue weighted by Crippen LogP contribution is -2.03. The summed E-state index contributed by atoms with van der Waals surface area (Å²) in [6.45, 7) is 0.666. The van der Waals surface area contributed by atoms with Gasteiger partial charge in [-0.2, -0.15) is 11.8 Å². The van der Waals surface area contributed by atoms with E-state index in [9.17, 15) is 0 Å². The maximum atomic E-state index is 5.98. The lowest BCUT2D eigenvalue weighted by Gasteiger charge is -2.14. The Balaban J connectivity index is 2.93. The van der Waals surface area contributed by atoms with Crippen LogP contribution in [0.1, 0.15) is 5.56 Å². The van der Waals surface area contributed by atoms with Crippen LogP contribution in [-0.2, 0) is 5.33 Å². The van der Waals surface area contributed by atoms with Crippen molar-refractivity contribution in [3.05, 3.63) is 22.7 Å². The molecule has 0 aromatic heterocycles. The summed E-state index contributed by atoms with van der Waals surface area (Å²) in [6.07, 6.45) is 2.05. The summed E-state index contributed by atoms with van der Waals surface area (Å²) in [5, 5.41) is 1.35. The van der Waals surface area contributed by atoms with Gasteiger partial charge in [0.25, 0.3) is 0 Å². The smallest absolute Gasteiger partial charge is 0.165 e. The number of ether oxygens (including phenoxy) is 2. The van der Waals surface area contributed by atoms with Gasteiger partial charge in [0.2, 0.25) is 0 Å². The maximum Gasteiger partial charge on any atom is 0.165 e. The molecule has 0 amide bonds. The second-order valence-corrected chi connectivity index (χ2v) is 5.05. The molecule has 0 saturated carbocycles. The number of alkyl halides is 1. The minimum Gasteiger partial charge on any atom is -0.493 e. The van der Waals surface area contributed by atoms with Gasteiger partial charge in [0, 0.05) is 27.7 Å². The first kappa shape index (κ1) is 14.0. The number of rotatable bonds is 6. The average molecular weight is 326 g/mol. The molecule has 0 spiro atoms. The molecule has 0 atom stereocenters. The van der Waals surface area contributed by atoms with Crippen molar-refractivity contribution in [2.24, 2.45) is 0 Å². The highest BCUT2D eigenvalue weighted by Gasteiger charge is 2.11. The van der Waals surface area contributed by atoms with E-state index in [1.54, 1.807) is 24.9 Å². The summed E-state index contributed by atoms with van der Waals surface area (Å²) >= 11 is 11.1. The number of thioether (sulfide) groups is 1. The quantitative estimate of drug-likeness (QED) is 0.582.